The minimum atomic E-state index is 1.15. The summed E-state index contributed by atoms with van der Waals surface area (Å²) in [4.78, 5) is 0. The second-order valence-corrected chi connectivity index (χ2v) is 17.2. The highest BCUT2D eigenvalue weighted by atomic mass is 14.2. The fourth-order valence-corrected chi connectivity index (χ4v) is 9.61. The van der Waals surface area contributed by atoms with E-state index >= 15 is 0 Å². The van der Waals surface area contributed by atoms with Crippen LogP contribution in [0.4, 0.5) is 0 Å². The summed E-state index contributed by atoms with van der Waals surface area (Å²) in [5, 5.41) is 0. The smallest absolute Gasteiger partial charge is 0.00266 e. The quantitative estimate of drug-likeness (QED) is 0.114. The third kappa shape index (κ3) is 8.80. The van der Waals surface area contributed by atoms with E-state index in [1.165, 1.54) is 72.3 Å². The topological polar surface area (TPSA) is 0 Å². The normalized spacial score (nSPS) is 10.9. The zero-order valence-corrected chi connectivity index (χ0v) is 37.7. The van der Waals surface area contributed by atoms with Crippen molar-refractivity contribution in [3.05, 3.63) is 313 Å². The predicted octanol–water partition coefficient (Wildman–Crippen LogP) is 18.4. The fourth-order valence-electron chi connectivity index (χ4n) is 9.61. The minimum absolute atomic E-state index is 1.15. The molecule has 0 heterocycles. The van der Waals surface area contributed by atoms with Gasteiger partial charge in [0.1, 0.15) is 0 Å². The van der Waals surface area contributed by atoms with Crippen molar-refractivity contribution in [3.63, 3.8) is 0 Å². The summed E-state index contributed by atoms with van der Waals surface area (Å²) >= 11 is 0. The third-order valence-electron chi connectivity index (χ3n) is 12.9. The first-order valence-corrected chi connectivity index (χ1v) is 23.4. The third-order valence-corrected chi connectivity index (χ3v) is 12.9. The Morgan fingerprint density at radius 3 is 0.765 bits per heavy atom. The van der Waals surface area contributed by atoms with Crippen LogP contribution in [0.3, 0.4) is 0 Å². The van der Waals surface area contributed by atoms with Crippen LogP contribution >= 0.6 is 0 Å². The van der Waals surface area contributed by atoms with Gasteiger partial charge in [-0.05, 0) is 148 Å². The molecule has 0 aromatic heterocycles. The van der Waals surface area contributed by atoms with Gasteiger partial charge in [0.15, 0.2) is 0 Å². The molecule has 0 bridgehead atoms. The van der Waals surface area contributed by atoms with Crippen LogP contribution in [-0.4, -0.2) is 0 Å². The van der Waals surface area contributed by atoms with Gasteiger partial charge in [-0.15, -0.1) is 0 Å². The Morgan fingerprint density at radius 1 is 0.147 bits per heavy atom. The van der Waals surface area contributed by atoms with Crippen molar-refractivity contribution in [2.45, 2.75) is 0 Å². The zero-order chi connectivity index (χ0) is 45.5. The van der Waals surface area contributed by atoms with Gasteiger partial charge < -0.3 is 0 Å². The molecule has 0 N–H and O–H groups in total. The summed E-state index contributed by atoms with van der Waals surface area (Å²) in [6.45, 7) is 0. The fraction of sp³-hybridized carbons (Fsp3) is 0. The summed E-state index contributed by atoms with van der Waals surface area (Å²) in [6, 6.07) is 106. The Kier molecular flexibility index (Phi) is 11.9. The Morgan fingerprint density at radius 2 is 0.412 bits per heavy atom. The van der Waals surface area contributed by atoms with Gasteiger partial charge in [0, 0.05) is 0 Å². The van der Waals surface area contributed by atoms with Gasteiger partial charge in [-0.1, -0.05) is 255 Å². The van der Waals surface area contributed by atoms with E-state index in [4.69, 9.17) is 0 Å². The average Bonchev–Trinajstić information content (AvgIpc) is 3.43. The van der Waals surface area contributed by atoms with Crippen molar-refractivity contribution < 1.29 is 0 Å². The van der Waals surface area contributed by atoms with Crippen molar-refractivity contribution in [3.8, 4) is 77.9 Å². The predicted molar refractivity (Wildman–Crippen MR) is 289 cm³/mol. The summed E-state index contributed by atoms with van der Waals surface area (Å²) in [5.41, 5.74) is 23.6. The molecule has 0 aliphatic carbocycles. The molecule has 0 unspecified atom stereocenters. The number of rotatable bonds is 11. The molecule has 0 aliphatic rings. The molecular weight excluding hydrogens is 817 g/mol. The Hall–Kier alpha value is -8.84. The van der Waals surface area contributed by atoms with E-state index in [9.17, 15) is 0 Å². The Balaban J connectivity index is 1.14. The van der Waals surface area contributed by atoms with Gasteiger partial charge >= 0.3 is 0 Å². The highest BCUT2D eigenvalue weighted by molar-refractivity contribution is 6.05. The lowest BCUT2D eigenvalue weighted by Crippen LogP contribution is -1.98. The van der Waals surface area contributed by atoms with Crippen LogP contribution in [0.25, 0.3) is 89.0 Å². The molecule has 11 aromatic carbocycles. The molecule has 0 atom stereocenters. The van der Waals surface area contributed by atoms with Gasteiger partial charge in [-0.3, -0.25) is 0 Å². The van der Waals surface area contributed by atoms with Crippen LogP contribution in [0.5, 0.6) is 0 Å². The van der Waals surface area contributed by atoms with Gasteiger partial charge in [0.25, 0.3) is 0 Å². The van der Waals surface area contributed by atoms with E-state index in [1.54, 1.807) is 0 Å². The molecular formula is C68H48. The molecule has 0 saturated heterocycles. The van der Waals surface area contributed by atoms with E-state index in [-0.39, 0.29) is 0 Å². The maximum Gasteiger partial charge on any atom is -0.00266 e. The first kappa shape index (κ1) is 41.8. The van der Waals surface area contributed by atoms with Crippen LogP contribution in [0, 0.1) is 0 Å². The number of hydrogen-bond acceptors (Lipinski definition) is 0. The van der Waals surface area contributed by atoms with Crippen molar-refractivity contribution >= 4 is 11.1 Å². The Labute approximate surface area is 400 Å². The molecule has 0 radical (unpaired) electrons. The standard InChI is InChI=1S/C68H48/c1-8-23-49(24-9-1)63-41-39-57(47-65(63)51-27-12-3-13-28-51)61-44-60(45-62(46-61)58-40-42-64(50-25-10-2-11-26-50)66(48-58)52-29-14-4-15-30-52)56-37-22-38-59(43-56)68(55-35-20-7-21-36-55)67(53-31-16-5-17-32-53)54-33-18-6-19-34-54/h1-48H. The maximum absolute atomic E-state index is 2.39. The first-order chi connectivity index (χ1) is 33.7. The van der Waals surface area contributed by atoms with Crippen LogP contribution in [-0.2, 0) is 0 Å². The van der Waals surface area contributed by atoms with Crippen molar-refractivity contribution in [1.82, 2.24) is 0 Å². The number of benzene rings is 11. The average molecular weight is 865 g/mol. The SMILES string of the molecule is c1ccc(C(=C(c2ccccc2)c2cccc(-c3cc(-c4ccc(-c5ccccc5)c(-c5ccccc5)c4)cc(-c4ccc(-c5ccccc5)c(-c5ccccc5)c4)c3)c2)c2ccccc2)cc1. The lowest BCUT2D eigenvalue weighted by atomic mass is 9.84. The summed E-state index contributed by atoms with van der Waals surface area (Å²) in [5.74, 6) is 0. The van der Waals surface area contributed by atoms with E-state index in [2.05, 4.69) is 291 Å². The van der Waals surface area contributed by atoms with Gasteiger partial charge in [0.05, 0.1) is 0 Å². The van der Waals surface area contributed by atoms with Gasteiger partial charge in [-0.25, -0.2) is 0 Å². The summed E-state index contributed by atoms with van der Waals surface area (Å²) in [6.07, 6.45) is 0. The molecule has 0 amide bonds. The maximum atomic E-state index is 2.39. The molecule has 0 heteroatoms. The summed E-state index contributed by atoms with van der Waals surface area (Å²) < 4.78 is 0. The molecule has 320 valence electrons. The monoisotopic (exact) mass is 864 g/mol. The molecule has 0 aliphatic heterocycles. The summed E-state index contributed by atoms with van der Waals surface area (Å²) in [7, 11) is 0. The van der Waals surface area contributed by atoms with Crippen LogP contribution in [0.15, 0.2) is 291 Å². The highest BCUT2D eigenvalue weighted by Crippen LogP contribution is 2.43. The second kappa shape index (κ2) is 19.3. The molecule has 11 aromatic rings. The van der Waals surface area contributed by atoms with Gasteiger partial charge in [-0.2, -0.15) is 0 Å². The largest absolute Gasteiger partial charge is 0.0622 e. The molecule has 0 fully saturated rings. The molecule has 0 spiro atoms. The lowest BCUT2D eigenvalue weighted by Gasteiger charge is -2.19. The van der Waals surface area contributed by atoms with Crippen molar-refractivity contribution in [1.29, 1.82) is 0 Å². The highest BCUT2D eigenvalue weighted by Gasteiger charge is 2.19. The van der Waals surface area contributed by atoms with E-state index in [0.29, 0.717) is 0 Å². The van der Waals surface area contributed by atoms with Crippen LogP contribution < -0.4 is 0 Å². The molecule has 68 heavy (non-hydrogen) atoms. The molecule has 0 nitrogen and oxygen atoms in total. The first-order valence-electron chi connectivity index (χ1n) is 23.4. The van der Waals surface area contributed by atoms with Gasteiger partial charge in [0.2, 0.25) is 0 Å². The zero-order valence-electron chi connectivity index (χ0n) is 37.7. The minimum Gasteiger partial charge on any atom is -0.0622 e. The van der Waals surface area contributed by atoms with Crippen molar-refractivity contribution in [2.75, 3.05) is 0 Å². The van der Waals surface area contributed by atoms with Crippen molar-refractivity contribution in [2.24, 2.45) is 0 Å². The van der Waals surface area contributed by atoms with Crippen LogP contribution in [0.1, 0.15) is 22.3 Å². The van der Waals surface area contributed by atoms with E-state index < -0.39 is 0 Å². The molecule has 0 saturated carbocycles. The van der Waals surface area contributed by atoms with E-state index in [1.807, 2.05) is 0 Å². The van der Waals surface area contributed by atoms with E-state index in [0.717, 1.165) is 38.9 Å². The lowest BCUT2D eigenvalue weighted by molar-refractivity contribution is 1.49. The molecule has 11 rings (SSSR count). The number of hydrogen-bond donors (Lipinski definition) is 0. The van der Waals surface area contributed by atoms with Crippen LogP contribution in [0.2, 0.25) is 0 Å². The second-order valence-electron chi connectivity index (χ2n) is 17.2. The Bertz CT molecular complexity index is 3300.